The second-order valence-corrected chi connectivity index (χ2v) is 10.3. The molecule has 1 aliphatic heterocycles. The van der Waals surface area contributed by atoms with Crippen LogP contribution in [0.15, 0.2) is 41.8 Å². The summed E-state index contributed by atoms with van der Waals surface area (Å²) in [5.41, 5.74) is 1.09. The van der Waals surface area contributed by atoms with Gasteiger partial charge < -0.3 is 5.32 Å². The van der Waals surface area contributed by atoms with Gasteiger partial charge in [0.15, 0.2) is 0 Å². The lowest BCUT2D eigenvalue weighted by molar-refractivity contribution is 0.0923. The van der Waals surface area contributed by atoms with E-state index in [2.05, 4.69) is 11.4 Å². The number of carbonyl (C=O) groups excluding carboxylic acids is 1. The molecule has 1 aromatic carbocycles. The SMILES string of the molecule is O=C(N[C@H](c1cccs1)C1CCCC1)c1cccc(N2CCCS2(=O)=O)c1. The van der Waals surface area contributed by atoms with Gasteiger partial charge in [-0.25, -0.2) is 8.42 Å². The summed E-state index contributed by atoms with van der Waals surface area (Å²) in [7, 11) is -3.25. The Balaban J connectivity index is 1.56. The lowest BCUT2D eigenvalue weighted by atomic mass is 9.96. The van der Waals surface area contributed by atoms with Gasteiger partial charge in [0, 0.05) is 17.0 Å². The van der Waals surface area contributed by atoms with E-state index in [1.165, 1.54) is 22.0 Å². The number of nitrogens with zero attached hydrogens (tertiary/aromatic N) is 1. The Morgan fingerprint density at radius 3 is 2.63 bits per heavy atom. The first-order valence-electron chi connectivity index (χ1n) is 9.49. The second-order valence-electron chi connectivity index (χ2n) is 7.30. The highest BCUT2D eigenvalue weighted by Gasteiger charge is 2.30. The third kappa shape index (κ3) is 3.89. The predicted octanol–water partition coefficient (Wildman–Crippen LogP) is 3.95. The Hall–Kier alpha value is -1.86. The summed E-state index contributed by atoms with van der Waals surface area (Å²) in [5.74, 6) is 0.499. The molecule has 0 bridgehead atoms. The van der Waals surface area contributed by atoms with E-state index in [0.29, 0.717) is 30.1 Å². The molecule has 1 aromatic heterocycles. The van der Waals surface area contributed by atoms with E-state index in [-0.39, 0.29) is 17.7 Å². The van der Waals surface area contributed by atoms with Crippen molar-refractivity contribution in [3.63, 3.8) is 0 Å². The molecule has 0 unspecified atom stereocenters. The molecule has 2 aromatic rings. The van der Waals surface area contributed by atoms with Crippen molar-refractivity contribution >= 4 is 33.0 Å². The maximum atomic E-state index is 13.0. The fourth-order valence-corrected chi connectivity index (χ4v) is 6.56. The molecular formula is C20H24N2O3S2. The number of benzene rings is 1. The number of hydrogen-bond donors (Lipinski definition) is 1. The van der Waals surface area contributed by atoms with Gasteiger partial charge in [0.25, 0.3) is 5.91 Å². The van der Waals surface area contributed by atoms with Crippen LogP contribution in [-0.4, -0.2) is 26.6 Å². The molecule has 5 nitrogen and oxygen atoms in total. The highest BCUT2D eigenvalue weighted by Crippen LogP contribution is 2.37. The largest absolute Gasteiger partial charge is 0.344 e. The van der Waals surface area contributed by atoms with Gasteiger partial charge in [-0.1, -0.05) is 25.0 Å². The van der Waals surface area contributed by atoms with Crippen LogP contribution in [0.1, 0.15) is 53.4 Å². The van der Waals surface area contributed by atoms with Crippen molar-refractivity contribution in [2.75, 3.05) is 16.6 Å². The summed E-state index contributed by atoms with van der Waals surface area (Å²) in [6.45, 7) is 0.479. The smallest absolute Gasteiger partial charge is 0.251 e. The number of sulfonamides is 1. The lowest BCUT2D eigenvalue weighted by Crippen LogP contribution is -2.32. The highest BCUT2D eigenvalue weighted by molar-refractivity contribution is 7.93. The summed E-state index contributed by atoms with van der Waals surface area (Å²) < 4.78 is 25.8. The van der Waals surface area contributed by atoms with Gasteiger partial charge in [-0.05, 0) is 54.8 Å². The number of thiophene rings is 1. The van der Waals surface area contributed by atoms with Gasteiger partial charge in [-0.15, -0.1) is 11.3 Å². The zero-order chi connectivity index (χ0) is 18.9. The molecule has 0 radical (unpaired) electrons. The number of amides is 1. The molecule has 4 rings (SSSR count). The number of anilines is 1. The van der Waals surface area contributed by atoms with E-state index in [1.54, 1.807) is 35.6 Å². The van der Waals surface area contributed by atoms with Gasteiger partial charge in [0.1, 0.15) is 0 Å². The molecule has 144 valence electrons. The van der Waals surface area contributed by atoms with Gasteiger partial charge in [0.2, 0.25) is 10.0 Å². The topological polar surface area (TPSA) is 66.5 Å². The van der Waals surface area contributed by atoms with Crippen LogP contribution in [0.3, 0.4) is 0 Å². The van der Waals surface area contributed by atoms with E-state index < -0.39 is 10.0 Å². The maximum absolute atomic E-state index is 13.0. The molecule has 2 fully saturated rings. The van der Waals surface area contributed by atoms with Crippen molar-refractivity contribution in [1.29, 1.82) is 0 Å². The van der Waals surface area contributed by atoms with Crippen LogP contribution in [0.2, 0.25) is 0 Å². The zero-order valence-corrected chi connectivity index (χ0v) is 16.8. The van der Waals surface area contributed by atoms with Crippen molar-refractivity contribution in [2.24, 2.45) is 5.92 Å². The van der Waals surface area contributed by atoms with Crippen LogP contribution in [0.25, 0.3) is 0 Å². The highest BCUT2D eigenvalue weighted by atomic mass is 32.2. The van der Waals surface area contributed by atoms with E-state index >= 15 is 0 Å². The first kappa shape index (κ1) is 18.5. The molecule has 1 saturated carbocycles. The molecule has 27 heavy (non-hydrogen) atoms. The summed E-state index contributed by atoms with van der Waals surface area (Å²) >= 11 is 1.68. The van der Waals surface area contributed by atoms with E-state index in [1.807, 2.05) is 11.4 Å². The molecule has 2 aliphatic rings. The minimum Gasteiger partial charge on any atom is -0.344 e. The van der Waals surface area contributed by atoms with E-state index in [9.17, 15) is 13.2 Å². The van der Waals surface area contributed by atoms with Crippen LogP contribution in [-0.2, 0) is 10.0 Å². The van der Waals surface area contributed by atoms with Crippen LogP contribution in [0.5, 0.6) is 0 Å². The molecular weight excluding hydrogens is 380 g/mol. The third-order valence-electron chi connectivity index (χ3n) is 5.50. The molecule has 2 heterocycles. The molecule has 1 N–H and O–H groups in total. The average molecular weight is 405 g/mol. The minimum atomic E-state index is -3.25. The lowest BCUT2D eigenvalue weighted by Gasteiger charge is -2.24. The molecule has 1 aliphatic carbocycles. The third-order valence-corrected chi connectivity index (χ3v) is 8.33. The van der Waals surface area contributed by atoms with Crippen LogP contribution >= 0.6 is 11.3 Å². The van der Waals surface area contributed by atoms with E-state index in [4.69, 9.17) is 0 Å². The molecule has 1 atom stereocenters. The normalized spacial score (nSPS) is 20.7. The van der Waals surface area contributed by atoms with Crippen LogP contribution in [0, 0.1) is 5.92 Å². The standard InChI is InChI=1S/C20H24N2O3S2/c23-20(21-19(15-6-1-2-7-15)18-10-4-12-26-18)16-8-3-9-17(14-16)22-11-5-13-27(22,24)25/h3-4,8-10,12,14-15,19H,1-2,5-7,11,13H2,(H,21,23)/t19-/m0/s1. The summed E-state index contributed by atoms with van der Waals surface area (Å²) in [6.07, 6.45) is 5.32. The summed E-state index contributed by atoms with van der Waals surface area (Å²) in [5, 5.41) is 5.26. The summed E-state index contributed by atoms with van der Waals surface area (Å²) in [6, 6.07) is 11.1. The van der Waals surface area contributed by atoms with Gasteiger partial charge >= 0.3 is 0 Å². The molecule has 0 spiro atoms. The van der Waals surface area contributed by atoms with Crippen LogP contribution in [0.4, 0.5) is 5.69 Å². The second kappa shape index (κ2) is 7.64. The van der Waals surface area contributed by atoms with Gasteiger partial charge in [-0.2, -0.15) is 0 Å². The Labute approximate surface area is 164 Å². The number of hydrogen-bond acceptors (Lipinski definition) is 4. The van der Waals surface area contributed by atoms with Crippen molar-refractivity contribution in [3.8, 4) is 0 Å². The molecule has 7 heteroatoms. The fraction of sp³-hybridized carbons (Fsp3) is 0.450. The minimum absolute atomic E-state index is 0.0270. The Kier molecular flexibility index (Phi) is 5.23. The first-order valence-corrected chi connectivity index (χ1v) is 12.0. The maximum Gasteiger partial charge on any atom is 0.251 e. The van der Waals surface area contributed by atoms with Gasteiger partial charge in [-0.3, -0.25) is 9.10 Å². The van der Waals surface area contributed by atoms with E-state index in [0.717, 1.165) is 12.8 Å². The molecule has 1 amide bonds. The monoisotopic (exact) mass is 404 g/mol. The molecule has 1 saturated heterocycles. The van der Waals surface area contributed by atoms with Crippen molar-refractivity contribution in [2.45, 2.75) is 38.1 Å². The van der Waals surface area contributed by atoms with Crippen molar-refractivity contribution in [1.82, 2.24) is 5.32 Å². The number of carbonyl (C=O) groups is 1. The van der Waals surface area contributed by atoms with Gasteiger partial charge in [0.05, 0.1) is 17.5 Å². The fourth-order valence-electron chi connectivity index (χ4n) is 4.14. The predicted molar refractivity (Wildman–Crippen MR) is 109 cm³/mol. The van der Waals surface area contributed by atoms with Crippen LogP contribution < -0.4 is 9.62 Å². The Bertz CT molecular complexity index is 903. The Morgan fingerprint density at radius 2 is 1.96 bits per heavy atom. The quantitative estimate of drug-likeness (QED) is 0.821. The van der Waals surface area contributed by atoms with Crippen molar-refractivity contribution in [3.05, 3.63) is 52.2 Å². The first-order chi connectivity index (χ1) is 13.0. The number of rotatable bonds is 5. The Morgan fingerprint density at radius 1 is 1.15 bits per heavy atom. The average Bonchev–Trinajstić information content (AvgIpc) is 3.41. The zero-order valence-electron chi connectivity index (χ0n) is 15.1. The summed E-state index contributed by atoms with van der Waals surface area (Å²) in [4.78, 5) is 14.1. The number of nitrogens with one attached hydrogen (secondary N) is 1. The van der Waals surface area contributed by atoms with Crippen molar-refractivity contribution < 1.29 is 13.2 Å².